The summed E-state index contributed by atoms with van der Waals surface area (Å²) in [5.74, 6) is 1.81. The molecule has 2 heterocycles. The molecule has 1 aromatic heterocycles. The molecule has 0 aliphatic carbocycles. The first-order valence-corrected chi connectivity index (χ1v) is 9.80. The minimum Gasteiger partial charge on any atom is -0.497 e. The highest BCUT2D eigenvalue weighted by Crippen LogP contribution is 2.17. The van der Waals surface area contributed by atoms with E-state index in [2.05, 4.69) is 4.98 Å². The summed E-state index contributed by atoms with van der Waals surface area (Å²) < 4.78 is 16.6. The Labute approximate surface area is 166 Å². The first kappa shape index (κ1) is 20.1. The second-order valence-electron chi connectivity index (χ2n) is 6.84. The molecule has 28 heavy (non-hydrogen) atoms. The summed E-state index contributed by atoms with van der Waals surface area (Å²) in [6.07, 6.45) is 6.65. The van der Waals surface area contributed by atoms with Crippen molar-refractivity contribution in [2.45, 2.75) is 31.8 Å². The molecule has 1 amide bonds. The number of methoxy groups -OCH3 is 1. The number of piperidine rings is 1. The number of nitrogens with zero attached hydrogens (tertiary/aromatic N) is 2. The molecule has 0 unspecified atom stereocenters. The van der Waals surface area contributed by atoms with E-state index in [0.29, 0.717) is 19.6 Å². The first-order valence-electron chi connectivity index (χ1n) is 9.80. The summed E-state index contributed by atoms with van der Waals surface area (Å²) in [5.41, 5.74) is 1.15. The fraction of sp³-hybridized carbons (Fsp3) is 0.455. The van der Waals surface area contributed by atoms with Crippen molar-refractivity contribution >= 4 is 5.91 Å². The largest absolute Gasteiger partial charge is 0.497 e. The number of aromatic nitrogens is 1. The Hall–Kier alpha value is -2.60. The molecule has 6 nitrogen and oxygen atoms in total. The van der Waals surface area contributed by atoms with Gasteiger partial charge in [0.2, 0.25) is 5.91 Å². The standard InChI is InChI=1S/C22H28N2O4/c1-26-19-7-4-18(5-8-19)6-9-22(25)24-13-10-20(11-14-24)27-15-16-28-21-3-2-12-23-17-21/h2-5,7-8,12,17,20H,6,9-11,13-16H2,1H3. The quantitative estimate of drug-likeness (QED) is 0.622. The zero-order valence-electron chi connectivity index (χ0n) is 16.4. The highest BCUT2D eigenvalue weighted by Gasteiger charge is 2.22. The molecule has 3 rings (SSSR count). The number of hydrogen-bond acceptors (Lipinski definition) is 5. The molecule has 1 saturated heterocycles. The van der Waals surface area contributed by atoms with Crippen LogP contribution in [0.25, 0.3) is 0 Å². The van der Waals surface area contributed by atoms with Gasteiger partial charge in [-0.05, 0) is 49.1 Å². The number of pyridine rings is 1. The van der Waals surface area contributed by atoms with Gasteiger partial charge >= 0.3 is 0 Å². The van der Waals surface area contributed by atoms with E-state index in [-0.39, 0.29) is 12.0 Å². The van der Waals surface area contributed by atoms with E-state index < -0.39 is 0 Å². The lowest BCUT2D eigenvalue weighted by atomic mass is 10.1. The molecule has 150 valence electrons. The average molecular weight is 384 g/mol. The van der Waals surface area contributed by atoms with Gasteiger partial charge in [-0.2, -0.15) is 0 Å². The Bertz CT molecular complexity index is 713. The topological polar surface area (TPSA) is 60.9 Å². The molecule has 1 aliphatic heterocycles. The van der Waals surface area contributed by atoms with E-state index >= 15 is 0 Å². The minimum atomic E-state index is 0.197. The van der Waals surface area contributed by atoms with Crippen molar-refractivity contribution in [1.82, 2.24) is 9.88 Å². The maximum atomic E-state index is 12.5. The number of benzene rings is 1. The maximum absolute atomic E-state index is 12.5. The van der Waals surface area contributed by atoms with Crippen LogP contribution in [0, 0.1) is 0 Å². The zero-order chi connectivity index (χ0) is 19.6. The molecule has 6 heteroatoms. The van der Waals surface area contributed by atoms with Gasteiger partial charge in [0, 0.05) is 25.7 Å². The van der Waals surface area contributed by atoms with E-state index in [1.54, 1.807) is 19.5 Å². The second kappa shape index (κ2) is 10.7. The van der Waals surface area contributed by atoms with Crippen molar-refractivity contribution < 1.29 is 19.0 Å². The highest BCUT2D eigenvalue weighted by atomic mass is 16.5. The Morgan fingerprint density at radius 2 is 1.89 bits per heavy atom. The predicted molar refractivity (Wildman–Crippen MR) is 107 cm³/mol. The van der Waals surface area contributed by atoms with E-state index in [1.165, 1.54) is 0 Å². The summed E-state index contributed by atoms with van der Waals surface area (Å²) in [4.78, 5) is 18.4. The van der Waals surface area contributed by atoms with Gasteiger partial charge in [0.05, 0.1) is 26.0 Å². The monoisotopic (exact) mass is 384 g/mol. The number of amides is 1. The lowest BCUT2D eigenvalue weighted by Crippen LogP contribution is -2.41. The second-order valence-corrected chi connectivity index (χ2v) is 6.84. The Morgan fingerprint density at radius 1 is 1.11 bits per heavy atom. The van der Waals surface area contributed by atoms with Gasteiger partial charge in [-0.1, -0.05) is 12.1 Å². The number of hydrogen-bond donors (Lipinski definition) is 0. The van der Waals surface area contributed by atoms with Crippen molar-refractivity contribution in [2.75, 3.05) is 33.4 Å². The van der Waals surface area contributed by atoms with Crippen LogP contribution in [-0.2, 0) is 16.0 Å². The number of carbonyl (C=O) groups excluding carboxylic acids is 1. The van der Waals surface area contributed by atoms with Gasteiger partial charge < -0.3 is 19.1 Å². The van der Waals surface area contributed by atoms with E-state index in [0.717, 1.165) is 49.4 Å². The zero-order valence-corrected chi connectivity index (χ0v) is 16.4. The third kappa shape index (κ3) is 6.23. The average Bonchev–Trinajstić information content (AvgIpc) is 2.76. The molecule has 2 aromatic rings. The number of likely N-dealkylation sites (tertiary alicyclic amines) is 1. The molecule has 1 fully saturated rings. The third-order valence-corrected chi connectivity index (χ3v) is 4.92. The molecule has 1 aromatic carbocycles. The summed E-state index contributed by atoms with van der Waals surface area (Å²) >= 11 is 0. The van der Waals surface area contributed by atoms with Gasteiger partial charge in [0.15, 0.2) is 0 Å². The van der Waals surface area contributed by atoms with E-state index in [1.807, 2.05) is 41.3 Å². The van der Waals surface area contributed by atoms with Crippen molar-refractivity contribution in [2.24, 2.45) is 0 Å². The third-order valence-electron chi connectivity index (χ3n) is 4.92. The molecule has 0 atom stereocenters. The normalized spacial score (nSPS) is 14.7. The molecule has 0 spiro atoms. The lowest BCUT2D eigenvalue weighted by Gasteiger charge is -2.32. The summed E-state index contributed by atoms with van der Waals surface area (Å²) in [5, 5.41) is 0. The first-order chi connectivity index (χ1) is 13.7. The van der Waals surface area contributed by atoms with Gasteiger partial charge in [-0.25, -0.2) is 0 Å². The van der Waals surface area contributed by atoms with Crippen LogP contribution in [0.15, 0.2) is 48.8 Å². The fourth-order valence-corrected chi connectivity index (χ4v) is 3.28. The molecule has 0 bridgehead atoms. The molecule has 0 radical (unpaired) electrons. The molecule has 0 N–H and O–H groups in total. The van der Waals surface area contributed by atoms with Gasteiger partial charge in [0.25, 0.3) is 0 Å². The van der Waals surface area contributed by atoms with Crippen LogP contribution in [0.1, 0.15) is 24.8 Å². The lowest BCUT2D eigenvalue weighted by molar-refractivity contribution is -0.133. The van der Waals surface area contributed by atoms with E-state index in [4.69, 9.17) is 14.2 Å². The van der Waals surface area contributed by atoms with Crippen molar-refractivity contribution in [3.05, 3.63) is 54.4 Å². The van der Waals surface area contributed by atoms with Crippen LogP contribution in [-0.4, -0.2) is 55.3 Å². The Kier molecular flexibility index (Phi) is 7.67. The number of carbonyl (C=O) groups is 1. The molecule has 0 saturated carbocycles. The van der Waals surface area contributed by atoms with Gasteiger partial charge in [-0.15, -0.1) is 0 Å². The van der Waals surface area contributed by atoms with Gasteiger partial charge in [0.1, 0.15) is 18.1 Å². The van der Waals surface area contributed by atoms with Crippen LogP contribution in [0.5, 0.6) is 11.5 Å². The SMILES string of the molecule is COc1ccc(CCC(=O)N2CCC(OCCOc3cccnc3)CC2)cc1. The van der Waals surface area contributed by atoms with Gasteiger partial charge in [-0.3, -0.25) is 9.78 Å². The highest BCUT2D eigenvalue weighted by molar-refractivity contribution is 5.76. The van der Waals surface area contributed by atoms with Crippen LogP contribution < -0.4 is 9.47 Å². The Morgan fingerprint density at radius 3 is 2.57 bits per heavy atom. The summed E-state index contributed by atoms with van der Waals surface area (Å²) in [7, 11) is 1.65. The minimum absolute atomic E-state index is 0.197. The van der Waals surface area contributed by atoms with Crippen molar-refractivity contribution in [3.8, 4) is 11.5 Å². The summed E-state index contributed by atoms with van der Waals surface area (Å²) in [6.45, 7) is 2.57. The predicted octanol–water partition coefficient (Wildman–Crippen LogP) is 3.11. The van der Waals surface area contributed by atoms with Crippen molar-refractivity contribution in [3.63, 3.8) is 0 Å². The van der Waals surface area contributed by atoms with Crippen molar-refractivity contribution in [1.29, 1.82) is 0 Å². The summed E-state index contributed by atoms with van der Waals surface area (Å²) in [6, 6.07) is 11.6. The van der Waals surface area contributed by atoms with Crippen LogP contribution in [0.3, 0.4) is 0 Å². The fourth-order valence-electron chi connectivity index (χ4n) is 3.28. The van der Waals surface area contributed by atoms with Crippen LogP contribution >= 0.6 is 0 Å². The maximum Gasteiger partial charge on any atom is 0.222 e. The number of rotatable bonds is 9. The van der Waals surface area contributed by atoms with Crippen LogP contribution in [0.4, 0.5) is 0 Å². The number of aryl methyl sites for hydroxylation is 1. The molecule has 1 aliphatic rings. The number of ether oxygens (including phenoxy) is 3. The smallest absolute Gasteiger partial charge is 0.222 e. The molecular formula is C22H28N2O4. The molecular weight excluding hydrogens is 356 g/mol. The van der Waals surface area contributed by atoms with Crippen LogP contribution in [0.2, 0.25) is 0 Å². The Balaban J connectivity index is 1.30. The van der Waals surface area contributed by atoms with E-state index in [9.17, 15) is 4.79 Å².